The van der Waals surface area contributed by atoms with Crippen molar-refractivity contribution in [2.75, 3.05) is 25.9 Å². The summed E-state index contributed by atoms with van der Waals surface area (Å²) in [5.41, 5.74) is 1.25. The van der Waals surface area contributed by atoms with Crippen molar-refractivity contribution >= 4 is 11.8 Å². The Morgan fingerprint density at radius 2 is 2.24 bits per heavy atom. The lowest BCUT2D eigenvalue weighted by Crippen LogP contribution is -2.34. The molecule has 1 saturated heterocycles. The molecule has 4 heteroatoms. The van der Waals surface area contributed by atoms with Crippen molar-refractivity contribution in [2.24, 2.45) is 0 Å². The van der Waals surface area contributed by atoms with Crippen LogP contribution < -0.4 is 4.74 Å². The van der Waals surface area contributed by atoms with E-state index in [0.717, 1.165) is 31.0 Å². The van der Waals surface area contributed by atoms with Crippen molar-refractivity contribution in [1.29, 1.82) is 0 Å². The molecule has 0 aliphatic carbocycles. The second-order valence-corrected chi connectivity index (χ2v) is 6.42. The maximum Gasteiger partial charge on any atom is 0.213 e. The highest BCUT2D eigenvalue weighted by Gasteiger charge is 2.18. The number of hydrogen-bond acceptors (Lipinski definition) is 4. The number of ether oxygens (including phenoxy) is 1. The first-order valence-electron chi connectivity index (χ1n) is 7.75. The Bertz CT molecular complexity index is 415. The molecule has 116 valence electrons. The van der Waals surface area contributed by atoms with Crippen LogP contribution in [0.3, 0.4) is 0 Å². The highest BCUT2D eigenvalue weighted by Crippen LogP contribution is 2.17. The maximum atomic E-state index is 6.10. The van der Waals surface area contributed by atoms with Crippen LogP contribution in [0.2, 0.25) is 0 Å². The van der Waals surface area contributed by atoms with Gasteiger partial charge in [-0.1, -0.05) is 12.1 Å². The maximum absolute atomic E-state index is 6.10. The van der Waals surface area contributed by atoms with Gasteiger partial charge in [-0.05, 0) is 50.6 Å². The van der Waals surface area contributed by atoms with E-state index in [2.05, 4.69) is 28.8 Å². The molecule has 0 radical (unpaired) electrons. The lowest BCUT2D eigenvalue weighted by molar-refractivity contribution is 0.134. The standard InChI is InChI=1S/C17H26N2OS/c1-3-4-7-16(13-19-10-5-6-11-19)20-17-9-8-15(12-18-17)14-21-2/h3,8-9,12,16H,1,4-7,10-11,13-14H2,2H3/t16-/m1/s1. The van der Waals surface area contributed by atoms with Crippen LogP contribution in [0, 0.1) is 0 Å². The molecule has 1 fully saturated rings. The Hall–Kier alpha value is -1.00. The van der Waals surface area contributed by atoms with Gasteiger partial charge in [-0.25, -0.2) is 4.98 Å². The normalized spacial score (nSPS) is 16.8. The van der Waals surface area contributed by atoms with Gasteiger partial charge in [0, 0.05) is 24.6 Å². The molecule has 21 heavy (non-hydrogen) atoms. The monoisotopic (exact) mass is 306 g/mol. The molecular formula is C17H26N2OS. The van der Waals surface area contributed by atoms with Crippen molar-refractivity contribution in [1.82, 2.24) is 9.88 Å². The van der Waals surface area contributed by atoms with E-state index < -0.39 is 0 Å². The zero-order valence-electron chi connectivity index (χ0n) is 13.0. The Morgan fingerprint density at radius 3 is 2.86 bits per heavy atom. The lowest BCUT2D eigenvalue weighted by Gasteiger charge is -2.23. The largest absolute Gasteiger partial charge is 0.473 e. The van der Waals surface area contributed by atoms with E-state index in [9.17, 15) is 0 Å². The van der Waals surface area contributed by atoms with E-state index in [1.54, 1.807) is 0 Å². The van der Waals surface area contributed by atoms with Gasteiger partial charge >= 0.3 is 0 Å². The van der Waals surface area contributed by atoms with Crippen LogP contribution in [-0.2, 0) is 5.75 Å². The number of hydrogen-bond donors (Lipinski definition) is 0. The van der Waals surface area contributed by atoms with Crippen LogP contribution in [0.1, 0.15) is 31.2 Å². The number of likely N-dealkylation sites (tertiary alicyclic amines) is 1. The summed E-state index contributed by atoms with van der Waals surface area (Å²) in [6.07, 6.45) is 10.8. The first-order valence-corrected chi connectivity index (χ1v) is 9.15. The molecule has 0 bridgehead atoms. The zero-order valence-corrected chi connectivity index (χ0v) is 13.8. The van der Waals surface area contributed by atoms with Crippen LogP contribution >= 0.6 is 11.8 Å². The second-order valence-electron chi connectivity index (χ2n) is 5.55. The summed E-state index contributed by atoms with van der Waals surface area (Å²) in [6.45, 7) is 7.22. The molecule has 0 N–H and O–H groups in total. The molecule has 1 aliphatic heterocycles. The van der Waals surface area contributed by atoms with Crippen molar-refractivity contribution in [3.05, 3.63) is 36.5 Å². The van der Waals surface area contributed by atoms with Crippen LogP contribution in [0.25, 0.3) is 0 Å². The minimum atomic E-state index is 0.208. The minimum absolute atomic E-state index is 0.208. The van der Waals surface area contributed by atoms with Gasteiger partial charge < -0.3 is 4.74 Å². The fourth-order valence-electron chi connectivity index (χ4n) is 2.65. The van der Waals surface area contributed by atoms with Crippen LogP contribution in [0.4, 0.5) is 0 Å². The third kappa shape index (κ3) is 5.71. The van der Waals surface area contributed by atoms with Gasteiger partial charge in [0.15, 0.2) is 0 Å². The van der Waals surface area contributed by atoms with Crippen LogP contribution in [0.5, 0.6) is 5.88 Å². The Morgan fingerprint density at radius 1 is 1.43 bits per heavy atom. The fraction of sp³-hybridized carbons (Fsp3) is 0.588. The third-order valence-electron chi connectivity index (χ3n) is 3.75. The van der Waals surface area contributed by atoms with E-state index in [1.807, 2.05) is 30.1 Å². The molecule has 1 aliphatic rings. The quantitative estimate of drug-likeness (QED) is 0.649. The Kier molecular flexibility index (Phi) is 7.10. The van der Waals surface area contributed by atoms with Crippen LogP contribution in [-0.4, -0.2) is 41.9 Å². The first kappa shape index (κ1) is 16.4. The number of nitrogens with zero attached hydrogens (tertiary/aromatic N) is 2. The number of pyridine rings is 1. The smallest absolute Gasteiger partial charge is 0.213 e. The number of thioether (sulfide) groups is 1. The first-order chi connectivity index (χ1) is 10.3. The minimum Gasteiger partial charge on any atom is -0.473 e. The zero-order chi connectivity index (χ0) is 14.9. The van der Waals surface area contributed by atoms with Gasteiger partial charge in [-0.2, -0.15) is 11.8 Å². The molecule has 1 aromatic rings. The van der Waals surface area contributed by atoms with Gasteiger partial charge in [-0.15, -0.1) is 6.58 Å². The molecule has 2 heterocycles. The second kappa shape index (κ2) is 9.11. The van der Waals surface area contributed by atoms with Gasteiger partial charge in [0.2, 0.25) is 5.88 Å². The number of aromatic nitrogens is 1. The molecule has 1 atom stereocenters. The molecule has 1 aromatic heterocycles. The molecule has 0 unspecified atom stereocenters. The van der Waals surface area contributed by atoms with Crippen molar-refractivity contribution in [2.45, 2.75) is 37.5 Å². The summed E-state index contributed by atoms with van der Waals surface area (Å²) in [7, 11) is 0. The SMILES string of the molecule is C=CCC[C@H](CN1CCCC1)Oc1ccc(CSC)cn1. The number of rotatable bonds is 9. The average Bonchev–Trinajstić information content (AvgIpc) is 3.00. The summed E-state index contributed by atoms with van der Waals surface area (Å²) in [6, 6.07) is 4.11. The average molecular weight is 306 g/mol. The van der Waals surface area contributed by atoms with E-state index in [0.29, 0.717) is 0 Å². The van der Waals surface area contributed by atoms with Gasteiger partial charge in [0.05, 0.1) is 0 Å². The summed E-state index contributed by atoms with van der Waals surface area (Å²) in [5.74, 6) is 1.74. The molecule has 0 saturated carbocycles. The fourth-order valence-corrected chi connectivity index (χ4v) is 3.15. The number of allylic oxidation sites excluding steroid dienone is 1. The molecule has 3 nitrogen and oxygen atoms in total. The Labute approximate surface area is 132 Å². The molecule has 0 aromatic carbocycles. The molecule has 0 amide bonds. The van der Waals surface area contributed by atoms with Gasteiger partial charge in [0.1, 0.15) is 6.10 Å². The molecule has 0 spiro atoms. The van der Waals surface area contributed by atoms with Crippen LogP contribution in [0.15, 0.2) is 31.0 Å². The van der Waals surface area contributed by atoms with Gasteiger partial charge in [-0.3, -0.25) is 4.90 Å². The molecular weight excluding hydrogens is 280 g/mol. The summed E-state index contributed by atoms with van der Waals surface area (Å²) < 4.78 is 6.10. The van der Waals surface area contributed by atoms with E-state index in [-0.39, 0.29) is 6.10 Å². The highest BCUT2D eigenvalue weighted by atomic mass is 32.2. The highest BCUT2D eigenvalue weighted by molar-refractivity contribution is 7.97. The third-order valence-corrected chi connectivity index (χ3v) is 4.37. The predicted octanol–water partition coefficient (Wildman–Crippen LogP) is 3.75. The van der Waals surface area contributed by atoms with E-state index in [4.69, 9.17) is 4.74 Å². The summed E-state index contributed by atoms with van der Waals surface area (Å²) >= 11 is 1.81. The predicted molar refractivity (Wildman–Crippen MR) is 91.0 cm³/mol. The van der Waals surface area contributed by atoms with Crippen molar-refractivity contribution in [3.63, 3.8) is 0 Å². The van der Waals surface area contributed by atoms with E-state index >= 15 is 0 Å². The Balaban J connectivity index is 1.90. The summed E-state index contributed by atoms with van der Waals surface area (Å²) in [4.78, 5) is 6.94. The topological polar surface area (TPSA) is 25.4 Å². The van der Waals surface area contributed by atoms with Gasteiger partial charge in [0.25, 0.3) is 0 Å². The lowest BCUT2D eigenvalue weighted by atomic mass is 10.2. The van der Waals surface area contributed by atoms with Crippen molar-refractivity contribution in [3.8, 4) is 5.88 Å². The van der Waals surface area contributed by atoms with Crippen molar-refractivity contribution < 1.29 is 4.74 Å². The molecule has 2 rings (SSSR count). The summed E-state index contributed by atoms with van der Waals surface area (Å²) in [5, 5.41) is 0. The van der Waals surface area contributed by atoms with E-state index in [1.165, 1.54) is 31.5 Å².